The van der Waals surface area contributed by atoms with Gasteiger partial charge in [0.2, 0.25) is 0 Å². The SMILES string of the molecule is CCc1nc(C)c(C(=O)O)c(SCc2csc(C)n2)n1. The lowest BCUT2D eigenvalue weighted by molar-refractivity contribution is 0.0690. The molecule has 0 saturated carbocycles. The molecule has 0 saturated heterocycles. The highest BCUT2D eigenvalue weighted by atomic mass is 32.2. The van der Waals surface area contributed by atoms with Gasteiger partial charge in [-0.1, -0.05) is 18.7 Å². The van der Waals surface area contributed by atoms with E-state index in [-0.39, 0.29) is 5.56 Å². The fraction of sp³-hybridized carbons (Fsp3) is 0.385. The second-order valence-corrected chi connectivity index (χ2v) is 6.24. The first-order valence-electron chi connectivity index (χ1n) is 6.15. The summed E-state index contributed by atoms with van der Waals surface area (Å²) in [4.78, 5) is 24.3. The van der Waals surface area contributed by atoms with Crippen LogP contribution >= 0.6 is 23.1 Å². The average molecular weight is 309 g/mol. The third-order valence-corrected chi connectivity index (χ3v) is 4.49. The number of nitrogens with zero attached hydrogens (tertiary/aromatic N) is 3. The molecule has 20 heavy (non-hydrogen) atoms. The third-order valence-electron chi connectivity index (χ3n) is 2.66. The molecular weight excluding hydrogens is 294 g/mol. The fourth-order valence-electron chi connectivity index (χ4n) is 1.73. The number of carbonyl (C=O) groups is 1. The summed E-state index contributed by atoms with van der Waals surface area (Å²) in [6, 6.07) is 0. The maximum absolute atomic E-state index is 11.4. The van der Waals surface area contributed by atoms with E-state index in [1.165, 1.54) is 11.8 Å². The first-order valence-corrected chi connectivity index (χ1v) is 8.02. The smallest absolute Gasteiger partial charge is 0.340 e. The minimum Gasteiger partial charge on any atom is -0.478 e. The number of thioether (sulfide) groups is 1. The highest BCUT2D eigenvalue weighted by molar-refractivity contribution is 7.98. The molecule has 0 aliphatic heterocycles. The Morgan fingerprint density at radius 1 is 1.35 bits per heavy atom. The second kappa shape index (κ2) is 6.32. The van der Waals surface area contributed by atoms with Crippen LogP contribution in [0.2, 0.25) is 0 Å². The van der Waals surface area contributed by atoms with Crippen LogP contribution in [0.4, 0.5) is 0 Å². The molecule has 2 aromatic rings. The van der Waals surface area contributed by atoms with Gasteiger partial charge < -0.3 is 5.11 Å². The summed E-state index contributed by atoms with van der Waals surface area (Å²) in [5.74, 6) is 0.302. The van der Waals surface area contributed by atoms with Crippen molar-refractivity contribution < 1.29 is 9.90 Å². The summed E-state index contributed by atoms with van der Waals surface area (Å²) in [5.41, 5.74) is 1.66. The minimum atomic E-state index is -0.984. The maximum Gasteiger partial charge on any atom is 0.340 e. The summed E-state index contributed by atoms with van der Waals surface area (Å²) in [5, 5.41) is 12.8. The Kier molecular flexibility index (Phi) is 4.72. The van der Waals surface area contributed by atoms with Gasteiger partial charge in [-0.3, -0.25) is 0 Å². The van der Waals surface area contributed by atoms with Gasteiger partial charge >= 0.3 is 5.97 Å². The van der Waals surface area contributed by atoms with Crippen molar-refractivity contribution in [1.29, 1.82) is 0 Å². The van der Waals surface area contributed by atoms with Crippen molar-refractivity contribution in [3.05, 3.63) is 33.2 Å². The Labute approximate surface area is 125 Å². The molecule has 0 aliphatic carbocycles. The van der Waals surface area contributed by atoms with Gasteiger partial charge in [0, 0.05) is 17.6 Å². The van der Waals surface area contributed by atoms with Crippen molar-refractivity contribution in [3.8, 4) is 0 Å². The highest BCUT2D eigenvalue weighted by Crippen LogP contribution is 2.26. The van der Waals surface area contributed by atoms with Crippen LogP contribution in [-0.2, 0) is 12.2 Å². The van der Waals surface area contributed by atoms with Crippen LogP contribution in [-0.4, -0.2) is 26.0 Å². The van der Waals surface area contributed by atoms with Gasteiger partial charge in [-0.2, -0.15) is 0 Å². The molecule has 0 fully saturated rings. The Morgan fingerprint density at radius 2 is 2.10 bits per heavy atom. The number of hydrogen-bond acceptors (Lipinski definition) is 6. The number of aryl methyl sites for hydroxylation is 3. The quantitative estimate of drug-likeness (QED) is 0.675. The molecule has 2 aromatic heterocycles. The maximum atomic E-state index is 11.4. The van der Waals surface area contributed by atoms with Crippen LogP contribution in [0.25, 0.3) is 0 Å². The van der Waals surface area contributed by atoms with Gasteiger partial charge in [-0.05, 0) is 13.8 Å². The topological polar surface area (TPSA) is 76.0 Å². The number of hydrogen-bond donors (Lipinski definition) is 1. The molecule has 2 rings (SSSR count). The first-order chi connectivity index (χ1) is 9.51. The zero-order chi connectivity index (χ0) is 14.7. The number of carboxylic acids is 1. The summed E-state index contributed by atoms with van der Waals surface area (Å²) >= 11 is 2.99. The molecule has 1 N–H and O–H groups in total. The monoisotopic (exact) mass is 309 g/mol. The van der Waals surface area contributed by atoms with E-state index in [0.717, 1.165) is 10.7 Å². The molecule has 2 heterocycles. The van der Waals surface area contributed by atoms with Gasteiger partial charge in [0.1, 0.15) is 16.4 Å². The van der Waals surface area contributed by atoms with Gasteiger partial charge in [-0.25, -0.2) is 19.7 Å². The van der Waals surface area contributed by atoms with Gasteiger partial charge in [0.15, 0.2) is 0 Å². The van der Waals surface area contributed by atoms with Crippen molar-refractivity contribution in [2.45, 2.75) is 38.0 Å². The van der Waals surface area contributed by atoms with E-state index in [1.807, 2.05) is 19.2 Å². The van der Waals surface area contributed by atoms with Crippen LogP contribution < -0.4 is 0 Å². The van der Waals surface area contributed by atoms with Crippen LogP contribution in [0.3, 0.4) is 0 Å². The lowest BCUT2D eigenvalue weighted by Gasteiger charge is -2.08. The van der Waals surface area contributed by atoms with Gasteiger partial charge in [0.05, 0.1) is 16.4 Å². The van der Waals surface area contributed by atoms with Crippen molar-refractivity contribution in [2.24, 2.45) is 0 Å². The standard InChI is InChI=1S/C13H15N3O2S2/c1-4-10-14-7(2)11(13(17)18)12(16-10)20-6-9-5-19-8(3)15-9/h5H,4,6H2,1-3H3,(H,17,18). The third kappa shape index (κ3) is 3.34. The molecule has 0 amide bonds. The zero-order valence-corrected chi connectivity index (χ0v) is 13.1. The molecule has 0 unspecified atom stereocenters. The summed E-state index contributed by atoms with van der Waals surface area (Å²) in [6.45, 7) is 5.61. The molecule has 0 atom stereocenters. The number of rotatable bonds is 5. The molecular formula is C13H15N3O2S2. The number of carboxylic acid groups (broad SMARTS) is 1. The Bertz CT molecular complexity index is 641. The van der Waals surface area contributed by atoms with Crippen LogP contribution in [0.15, 0.2) is 10.4 Å². The lowest BCUT2D eigenvalue weighted by Crippen LogP contribution is -2.09. The van der Waals surface area contributed by atoms with Gasteiger partial charge in [0.25, 0.3) is 0 Å². The minimum absolute atomic E-state index is 0.194. The average Bonchev–Trinajstić information content (AvgIpc) is 2.81. The van der Waals surface area contributed by atoms with E-state index in [9.17, 15) is 9.90 Å². The molecule has 0 bridgehead atoms. The normalized spacial score (nSPS) is 10.8. The Hall–Kier alpha value is -1.47. The van der Waals surface area contributed by atoms with Crippen molar-refractivity contribution in [2.75, 3.05) is 0 Å². The second-order valence-electron chi connectivity index (χ2n) is 4.21. The van der Waals surface area contributed by atoms with E-state index in [2.05, 4.69) is 15.0 Å². The fourth-order valence-corrected chi connectivity index (χ4v) is 3.43. The van der Waals surface area contributed by atoms with E-state index in [1.54, 1.807) is 18.3 Å². The number of aromatic carboxylic acids is 1. The van der Waals surface area contributed by atoms with Crippen molar-refractivity contribution in [3.63, 3.8) is 0 Å². The predicted octanol–water partition coefficient (Wildman–Crippen LogP) is 3.10. The van der Waals surface area contributed by atoms with E-state index >= 15 is 0 Å². The first kappa shape index (κ1) is 14.9. The van der Waals surface area contributed by atoms with E-state index in [0.29, 0.717) is 28.7 Å². The number of aromatic nitrogens is 3. The largest absolute Gasteiger partial charge is 0.478 e. The van der Waals surface area contributed by atoms with Crippen LogP contribution in [0, 0.1) is 13.8 Å². The summed E-state index contributed by atoms with van der Waals surface area (Å²) in [6.07, 6.45) is 0.685. The molecule has 0 aromatic carbocycles. The Balaban J connectivity index is 2.28. The lowest BCUT2D eigenvalue weighted by atomic mass is 10.2. The zero-order valence-electron chi connectivity index (χ0n) is 11.5. The van der Waals surface area contributed by atoms with Crippen molar-refractivity contribution in [1.82, 2.24) is 15.0 Å². The summed E-state index contributed by atoms with van der Waals surface area (Å²) < 4.78 is 0. The van der Waals surface area contributed by atoms with E-state index < -0.39 is 5.97 Å². The van der Waals surface area contributed by atoms with Crippen LogP contribution in [0.5, 0.6) is 0 Å². The molecule has 106 valence electrons. The van der Waals surface area contributed by atoms with Crippen LogP contribution in [0.1, 0.15) is 39.5 Å². The Morgan fingerprint density at radius 3 is 2.65 bits per heavy atom. The highest BCUT2D eigenvalue weighted by Gasteiger charge is 2.18. The molecule has 0 spiro atoms. The molecule has 7 heteroatoms. The van der Waals surface area contributed by atoms with Gasteiger partial charge in [-0.15, -0.1) is 11.3 Å². The molecule has 0 radical (unpaired) electrons. The van der Waals surface area contributed by atoms with Crippen molar-refractivity contribution >= 4 is 29.1 Å². The summed E-state index contributed by atoms with van der Waals surface area (Å²) in [7, 11) is 0. The molecule has 0 aliphatic rings. The van der Waals surface area contributed by atoms with E-state index in [4.69, 9.17) is 0 Å². The number of thiazole rings is 1. The molecule has 5 nitrogen and oxygen atoms in total. The predicted molar refractivity (Wildman–Crippen MR) is 79.5 cm³/mol.